The summed E-state index contributed by atoms with van der Waals surface area (Å²) >= 11 is 0. The Morgan fingerprint density at radius 3 is 1.14 bits per heavy atom. The second-order valence-electron chi connectivity index (χ2n) is 38.4. The lowest BCUT2D eigenvalue weighted by atomic mass is 9.44. The van der Waals surface area contributed by atoms with Crippen LogP contribution < -0.4 is 0 Å². The Hall–Kier alpha value is -5.34. The summed E-state index contributed by atoms with van der Waals surface area (Å²) in [6, 6.07) is 0. The van der Waals surface area contributed by atoms with Crippen molar-refractivity contribution in [3.8, 4) is 0 Å². The van der Waals surface area contributed by atoms with E-state index in [1.54, 1.807) is 64.2 Å². The van der Waals surface area contributed by atoms with Crippen molar-refractivity contribution >= 4 is 46.3 Å². The molecule has 0 radical (unpaired) electrons. The molecule has 0 aromatic carbocycles. The van der Waals surface area contributed by atoms with Crippen LogP contribution in [0, 0.1) is 114 Å². The standard InChI is InChI=1S/C23H31FO5.C22H29FO5.C22H30O5.C21H28O5/c1-13-9-17-16-6-5-14-10-15(25)7-8-20(14,2)22(16,24)18(26)11-21(17,3)23(13,28)19(27)12-29-4;1-12-8-16-15-5-4-13-9-14(25)6-7-19(13,2)21(15,23)17(26)10-20(16,3)22(12,28)18(27)11-24;1-20-8-6-14(23)10-13(20)4-5-15-16-7-9-22(26,18(25)12-27-3)21(16,2)11-17(24)19(15)20;1-19-7-5-13(23)9-12(19)3-4-14-15-6-8-21(26,17(25)11-22)20(15,2)10-16(24)18(14)19/h7-8,10,13,16-18,26,28H,5-6,9,11-12H2,1-4H3;6-7,9,12,15-17,24,26,28H,4-5,8,10-11H2,1-3H3;6,8,10,15-17,19,24,26H,4-5,7,9,11-12H2,1-3H3;5,7,9,14-16,18,22,24,26H,3-4,6,8,10-11H2,1-2H3/t13-,16-,17-,18-,20-,21-,22-,23-;12-,15-,16-,17-,19-,20-,21-,22-;15-,16-,17-,19+,20-,21-,22-;14-,15-,16-,18+,19-,20-,21-/m0000/s1. The first-order chi connectivity index (χ1) is 51.3. The molecule has 22 heteroatoms. The van der Waals surface area contributed by atoms with E-state index < -0.39 is 139 Å². The van der Waals surface area contributed by atoms with Crippen molar-refractivity contribution in [1.82, 2.24) is 0 Å². The zero-order valence-electron chi connectivity index (χ0n) is 66.0. The number of ketones is 8. The Balaban J connectivity index is 0.000000129. The van der Waals surface area contributed by atoms with Crippen LogP contribution >= 0.6 is 0 Å². The van der Waals surface area contributed by atoms with Crippen molar-refractivity contribution in [2.45, 2.75) is 243 Å². The topological polar surface area (TPSA) is 357 Å². The van der Waals surface area contributed by atoms with Gasteiger partial charge >= 0.3 is 0 Å². The van der Waals surface area contributed by atoms with E-state index in [0.717, 1.165) is 55.2 Å². The lowest BCUT2D eigenvalue weighted by molar-refractivity contribution is -0.219. The first kappa shape index (κ1) is 82.6. The fourth-order valence-electron chi connectivity index (χ4n) is 28.6. The third-order valence-electron chi connectivity index (χ3n) is 34.4. The van der Waals surface area contributed by atoms with Crippen LogP contribution in [0.4, 0.5) is 8.78 Å². The molecule has 30 atom stereocenters. The van der Waals surface area contributed by atoms with Crippen LogP contribution in [0.5, 0.6) is 0 Å². The molecule has 12 fully saturated rings. The summed E-state index contributed by atoms with van der Waals surface area (Å²) in [6.45, 7) is 17.0. The highest BCUT2D eigenvalue weighted by molar-refractivity contribution is 6.03. The van der Waals surface area contributed by atoms with Crippen molar-refractivity contribution in [3.05, 3.63) is 95.2 Å². The van der Waals surface area contributed by atoms with Gasteiger partial charge in [0.05, 0.1) is 24.4 Å². The van der Waals surface area contributed by atoms with Gasteiger partial charge in [-0.3, -0.25) is 38.4 Å². The molecule has 12 saturated carbocycles. The van der Waals surface area contributed by atoms with E-state index >= 15 is 8.78 Å². The number of Topliss-reactive ketones (excluding diaryl/α,β-unsaturated/α-hetero) is 4. The molecule has 0 bridgehead atoms. The van der Waals surface area contributed by atoms with E-state index in [4.69, 9.17) is 9.47 Å². The maximum absolute atomic E-state index is 16.9. The molecule has 10 N–H and O–H groups in total. The lowest BCUT2D eigenvalue weighted by Gasteiger charge is -2.62. The van der Waals surface area contributed by atoms with E-state index in [2.05, 4.69) is 13.8 Å². The molecule has 0 spiro atoms. The van der Waals surface area contributed by atoms with Crippen molar-refractivity contribution in [2.75, 3.05) is 40.6 Å². The number of aliphatic hydroxyl groups excluding tert-OH is 6. The quantitative estimate of drug-likeness (QED) is 0.0984. The molecule has 0 aromatic heterocycles. The fourth-order valence-corrected chi connectivity index (χ4v) is 28.6. The van der Waals surface area contributed by atoms with Crippen LogP contribution in [0.2, 0.25) is 0 Å². The van der Waals surface area contributed by atoms with Gasteiger partial charge in [0.15, 0.2) is 57.6 Å². The molecule has 0 heterocycles. The van der Waals surface area contributed by atoms with Crippen LogP contribution in [0.3, 0.4) is 0 Å². The van der Waals surface area contributed by atoms with Crippen LogP contribution in [0.25, 0.3) is 0 Å². The van der Waals surface area contributed by atoms with Gasteiger partial charge in [-0.1, -0.05) is 102 Å². The van der Waals surface area contributed by atoms with Crippen molar-refractivity contribution < 1.29 is 108 Å². The minimum Gasteiger partial charge on any atom is -0.393 e. The maximum Gasteiger partial charge on any atom is 0.190 e. The number of rotatable bonds is 10. The first-order valence-electron chi connectivity index (χ1n) is 40.4. The molecule has 0 aromatic rings. The number of allylic oxidation sites excluding steroid dienone is 16. The minimum absolute atomic E-state index is 0.00832. The second-order valence-corrected chi connectivity index (χ2v) is 38.4. The minimum atomic E-state index is -1.98. The fraction of sp³-hybridized carbons (Fsp3) is 0.727. The molecule has 0 aliphatic heterocycles. The van der Waals surface area contributed by atoms with Crippen LogP contribution in [0.1, 0.15) is 185 Å². The zero-order valence-corrected chi connectivity index (χ0v) is 66.0. The van der Waals surface area contributed by atoms with Gasteiger partial charge in [-0.25, -0.2) is 8.78 Å². The number of methoxy groups -OCH3 is 2. The van der Waals surface area contributed by atoms with Crippen LogP contribution in [-0.4, -0.2) is 196 Å². The van der Waals surface area contributed by atoms with Gasteiger partial charge in [0.1, 0.15) is 48.8 Å². The highest BCUT2D eigenvalue weighted by Crippen LogP contribution is 2.75. The van der Waals surface area contributed by atoms with Gasteiger partial charge < -0.3 is 60.5 Å². The third kappa shape index (κ3) is 11.0. The van der Waals surface area contributed by atoms with Crippen molar-refractivity contribution in [2.24, 2.45) is 114 Å². The molecule has 20 nitrogen and oxygen atoms in total. The van der Waals surface area contributed by atoms with E-state index in [9.17, 15) is 89.4 Å². The van der Waals surface area contributed by atoms with Crippen molar-refractivity contribution in [3.63, 3.8) is 0 Å². The predicted molar refractivity (Wildman–Crippen MR) is 400 cm³/mol. The Kier molecular flexibility index (Phi) is 20.8. The number of fused-ring (bicyclic) bond motifs is 20. The van der Waals surface area contributed by atoms with E-state index in [1.807, 2.05) is 39.8 Å². The third-order valence-corrected chi connectivity index (χ3v) is 34.4. The Bertz CT molecular complexity index is 4110. The summed E-state index contributed by atoms with van der Waals surface area (Å²) in [7, 11) is 2.88. The zero-order chi connectivity index (χ0) is 80.6. The Morgan fingerprint density at radius 2 is 0.764 bits per heavy atom. The molecule has 0 amide bonds. The molecule has 110 heavy (non-hydrogen) atoms. The average molecular weight is 1530 g/mol. The summed E-state index contributed by atoms with van der Waals surface area (Å²) in [5.74, 6) is -3.84. The Labute approximate surface area is 644 Å². The van der Waals surface area contributed by atoms with Crippen LogP contribution in [0.15, 0.2) is 95.2 Å². The summed E-state index contributed by atoms with van der Waals surface area (Å²) in [6.07, 6.45) is 24.9. The van der Waals surface area contributed by atoms with Crippen molar-refractivity contribution in [1.29, 1.82) is 0 Å². The highest BCUT2D eigenvalue weighted by atomic mass is 19.1. The van der Waals surface area contributed by atoms with Gasteiger partial charge in [0.25, 0.3) is 0 Å². The SMILES string of the molecule is COCC(=O)[C@@]1(O)CC[C@H]2[C@@H]3CCC4=CC(=O)C=C[C@]4(C)[C@H]3[C@@H](O)C[C@@]21C.COCC(=O)[C@@]1(O)[C@@H](C)C[C@H]2[C@@H]3CCC4=CC(=O)C=C[C@]4(C)[C@@]3(F)[C@@H](O)C[C@@]21C.C[C@H]1C[C@H]2[C@@H]3CCC4=CC(=O)C=C[C@]4(C)[C@@]3(F)[C@@H](O)C[C@]2(C)[C@@]1(O)C(=O)CO.C[C@]12C=CC(=O)C=C1CC[C@@H]1[C@@H]2[C@@H](O)C[C@@]2(C)[C@H]1CC[C@]2(O)C(=O)CO. The molecule has 604 valence electrons. The summed E-state index contributed by atoms with van der Waals surface area (Å²) in [5, 5.41) is 109. The normalized spacial score (nSPS) is 50.5. The number of carbonyl (C=O) groups excluding carboxylic acids is 8. The monoisotopic (exact) mass is 1530 g/mol. The number of ether oxygens (including phenoxy) is 2. The summed E-state index contributed by atoms with van der Waals surface area (Å²) in [4.78, 5) is 97.9. The largest absolute Gasteiger partial charge is 0.393 e. The summed E-state index contributed by atoms with van der Waals surface area (Å²) < 4.78 is 43.8. The van der Waals surface area contributed by atoms with Gasteiger partial charge in [0, 0.05) is 81.2 Å². The molecular weight excluding hydrogens is 1410 g/mol. The summed E-state index contributed by atoms with van der Waals surface area (Å²) in [5.41, 5.74) is -12.9. The number of aliphatic hydroxyl groups is 10. The van der Waals surface area contributed by atoms with E-state index in [-0.39, 0.29) is 119 Å². The van der Waals surface area contributed by atoms with E-state index in [1.165, 1.54) is 38.5 Å². The highest BCUT2D eigenvalue weighted by Gasteiger charge is 2.79. The second kappa shape index (κ2) is 27.7. The van der Waals surface area contributed by atoms with Crippen LogP contribution in [-0.2, 0) is 47.8 Å². The molecule has 16 aliphatic carbocycles. The van der Waals surface area contributed by atoms with Gasteiger partial charge in [-0.05, 0) is 225 Å². The molecule has 16 aliphatic rings. The number of halogens is 2. The number of alkyl halides is 2. The smallest absolute Gasteiger partial charge is 0.190 e. The first-order valence-corrected chi connectivity index (χ1v) is 40.4. The number of carbonyl (C=O) groups is 8. The van der Waals surface area contributed by atoms with Gasteiger partial charge in [-0.15, -0.1) is 0 Å². The van der Waals surface area contributed by atoms with Gasteiger partial charge in [0.2, 0.25) is 0 Å². The average Bonchev–Trinajstić information content (AvgIpc) is 1.35. The number of hydrogen-bond donors (Lipinski definition) is 10. The maximum atomic E-state index is 16.9. The van der Waals surface area contributed by atoms with E-state index in [0.29, 0.717) is 69.8 Å². The predicted octanol–water partition coefficient (Wildman–Crippen LogP) is 8.21. The number of hydrogen-bond acceptors (Lipinski definition) is 20. The Morgan fingerprint density at radius 1 is 0.427 bits per heavy atom. The molecule has 16 rings (SSSR count). The van der Waals surface area contributed by atoms with Gasteiger partial charge in [-0.2, -0.15) is 0 Å². The molecule has 0 unspecified atom stereocenters. The molecular formula is C88H118F2O20. The molecule has 0 saturated heterocycles. The lowest BCUT2D eigenvalue weighted by Crippen LogP contribution is -2.69.